The van der Waals surface area contributed by atoms with Crippen LogP contribution in [-0.4, -0.2) is 37.0 Å². The molecule has 0 radical (unpaired) electrons. The van der Waals surface area contributed by atoms with Gasteiger partial charge in [-0.3, -0.25) is 4.90 Å². The van der Waals surface area contributed by atoms with Gasteiger partial charge in [0, 0.05) is 18.0 Å². The first-order valence-electron chi connectivity index (χ1n) is 6.90. The van der Waals surface area contributed by atoms with Gasteiger partial charge in [0.1, 0.15) is 0 Å². The third kappa shape index (κ3) is 2.82. The average molecular weight is 293 g/mol. The van der Waals surface area contributed by atoms with Crippen LogP contribution in [0.1, 0.15) is 24.0 Å². The molecule has 2 heterocycles. The normalized spacial score (nSPS) is 22.0. The third-order valence-corrected chi connectivity index (χ3v) is 4.24. The van der Waals surface area contributed by atoms with Crippen LogP contribution in [-0.2, 0) is 16.0 Å². The molecule has 0 unspecified atom stereocenters. The minimum atomic E-state index is -0.405. The van der Waals surface area contributed by atoms with E-state index in [0.717, 1.165) is 38.0 Å². The van der Waals surface area contributed by atoms with Gasteiger partial charge in [0.25, 0.3) is 0 Å². The molecule has 1 spiro atoms. The van der Waals surface area contributed by atoms with Gasteiger partial charge in [-0.2, -0.15) is 5.26 Å². The molecule has 2 fully saturated rings. The molecule has 20 heavy (non-hydrogen) atoms. The van der Waals surface area contributed by atoms with Gasteiger partial charge in [0.15, 0.2) is 5.79 Å². The Labute approximate surface area is 123 Å². The first-order valence-corrected chi connectivity index (χ1v) is 7.27. The van der Waals surface area contributed by atoms with Crippen molar-refractivity contribution in [1.29, 1.82) is 5.26 Å². The molecule has 0 bridgehead atoms. The highest BCUT2D eigenvalue weighted by molar-refractivity contribution is 6.31. The van der Waals surface area contributed by atoms with Crippen LogP contribution in [0.5, 0.6) is 0 Å². The number of piperidine rings is 1. The highest BCUT2D eigenvalue weighted by Gasteiger charge is 2.40. The number of likely N-dealkylation sites (tertiary alicyclic amines) is 1. The molecule has 4 nitrogen and oxygen atoms in total. The zero-order valence-corrected chi connectivity index (χ0v) is 12.0. The van der Waals surface area contributed by atoms with E-state index in [4.69, 9.17) is 26.3 Å². The van der Waals surface area contributed by atoms with Gasteiger partial charge >= 0.3 is 0 Å². The van der Waals surface area contributed by atoms with Crippen LogP contribution in [0.25, 0.3) is 0 Å². The van der Waals surface area contributed by atoms with Gasteiger partial charge in [-0.15, -0.1) is 0 Å². The van der Waals surface area contributed by atoms with E-state index < -0.39 is 5.79 Å². The fraction of sp³-hybridized carbons (Fsp3) is 0.533. The zero-order chi connectivity index (χ0) is 14.0. The summed E-state index contributed by atoms with van der Waals surface area (Å²) in [6.45, 7) is 3.93. The molecular weight excluding hydrogens is 276 g/mol. The average Bonchev–Trinajstić information content (AvgIpc) is 2.89. The lowest BCUT2D eigenvalue weighted by molar-refractivity contribution is -0.190. The van der Waals surface area contributed by atoms with Crippen molar-refractivity contribution < 1.29 is 9.47 Å². The van der Waals surface area contributed by atoms with Gasteiger partial charge in [0.05, 0.1) is 31.4 Å². The number of ether oxygens (including phenoxy) is 2. The lowest BCUT2D eigenvalue weighted by atomic mass is 10.0. The lowest BCUT2D eigenvalue weighted by Gasteiger charge is -2.38. The van der Waals surface area contributed by atoms with E-state index in [2.05, 4.69) is 11.0 Å². The summed E-state index contributed by atoms with van der Waals surface area (Å²) in [6.07, 6.45) is 2.03. The topological polar surface area (TPSA) is 45.5 Å². The van der Waals surface area contributed by atoms with Crippen molar-refractivity contribution in [3.8, 4) is 6.07 Å². The molecule has 2 saturated heterocycles. The number of nitriles is 1. The molecule has 2 aliphatic rings. The van der Waals surface area contributed by atoms with E-state index in [9.17, 15) is 0 Å². The highest BCUT2D eigenvalue weighted by atomic mass is 35.5. The second kappa shape index (κ2) is 5.71. The van der Waals surface area contributed by atoms with Gasteiger partial charge in [-0.25, -0.2) is 0 Å². The predicted molar refractivity (Wildman–Crippen MR) is 75.3 cm³/mol. The second-order valence-corrected chi connectivity index (χ2v) is 5.75. The number of rotatable bonds is 2. The SMILES string of the molecule is N#Cc1ccc(CN2CCCC3(C2)OCCO3)c(Cl)c1. The zero-order valence-electron chi connectivity index (χ0n) is 11.3. The molecule has 0 atom stereocenters. The van der Waals surface area contributed by atoms with Crippen LogP contribution in [0.4, 0.5) is 0 Å². The molecule has 0 saturated carbocycles. The number of hydrogen-bond donors (Lipinski definition) is 0. The van der Waals surface area contributed by atoms with E-state index in [1.165, 1.54) is 0 Å². The van der Waals surface area contributed by atoms with E-state index in [1.54, 1.807) is 6.07 Å². The molecule has 1 aromatic rings. The molecule has 0 N–H and O–H groups in total. The Morgan fingerprint density at radius 1 is 1.35 bits per heavy atom. The smallest absolute Gasteiger partial charge is 0.181 e. The van der Waals surface area contributed by atoms with E-state index in [0.29, 0.717) is 23.8 Å². The minimum absolute atomic E-state index is 0.405. The van der Waals surface area contributed by atoms with Crippen LogP contribution < -0.4 is 0 Å². The maximum Gasteiger partial charge on any atom is 0.181 e. The largest absolute Gasteiger partial charge is 0.346 e. The summed E-state index contributed by atoms with van der Waals surface area (Å²) in [7, 11) is 0. The molecule has 106 valence electrons. The standard InChI is InChI=1S/C15H17ClN2O2/c16-14-8-12(9-17)2-3-13(14)10-18-5-1-4-15(11-18)19-6-7-20-15/h2-3,8H,1,4-7,10-11H2. The first kappa shape index (κ1) is 13.8. The number of halogens is 1. The fourth-order valence-electron chi connectivity index (χ4n) is 2.92. The summed E-state index contributed by atoms with van der Waals surface area (Å²) in [5.41, 5.74) is 1.64. The summed E-state index contributed by atoms with van der Waals surface area (Å²) in [4.78, 5) is 2.31. The molecule has 0 aliphatic carbocycles. The molecule has 5 heteroatoms. The number of nitrogens with zero attached hydrogens (tertiary/aromatic N) is 2. The molecular formula is C15H17ClN2O2. The summed E-state index contributed by atoms with van der Waals surface area (Å²) in [6, 6.07) is 7.56. The monoisotopic (exact) mass is 292 g/mol. The van der Waals surface area contributed by atoms with Crippen molar-refractivity contribution in [2.24, 2.45) is 0 Å². The Bertz CT molecular complexity index is 535. The van der Waals surface area contributed by atoms with Gasteiger partial charge in [-0.1, -0.05) is 17.7 Å². The summed E-state index contributed by atoms with van der Waals surface area (Å²) >= 11 is 6.24. The van der Waals surface area contributed by atoms with Crippen molar-refractivity contribution in [3.05, 3.63) is 34.3 Å². The molecule has 2 aliphatic heterocycles. The third-order valence-electron chi connectivity index (χ3n) is 3.89. The molecule has 0 amide bonds. The van der Waals surface area contributed by atoms with Gasteiger partial charge in [-0.05, 0) is 30.7 Å². The van der Waals surface area contributed by atoms with Crippen LogP contribution in [0, 0.1) is 11.3 Å². The summed E-state index contributed by atoms with van der Waals surface area (Å²) in [5.74, 6) is -0.405. The van der Waals surface area contributed by atoms with E-state index >= 15 is 0 Å². The Hall–Kier alpha value is -1.12. The van der Waals surface area contributed by atoms with E-state index in [1.807, 2.05) is 12.1 Å². The maximum atomic E-state index is 8.86. The molecule has 1 aromatic carbocycles. The van der Waals surface area contributed by atoms with Crippen LogP contribution in [0.2, 0.25) is 5.02 Å². The van der Waals surface area contributed by atoms with Crippen molar-refractivity contribution in [3.63, 3.8) is 0 Å². The van der Waals surface area contributed by atoms with Gasteiger partial charge < -0.3 is 9.47 Å². The predicted octanol–water partition coefficient (Wildman–Crippen LogP) is 2.55. The minimum Gasteiger partial charge on any atom is -0.346 e. The van der Waals surface area contributed by atoms with Crippen LogP contribution in [0.15, 0.2) is 18.2 Å². The van der Waals surface area contributed by atoms with Crippen molar-refractivity contribution >= 4 is 11.6 Å². The number of hydrogen-bond acceptors (Lipinski definition) is 4. The Morgan fingerprint density at radius 3 is 2.85 bits per heavy atom. The fourth-order valence-corrected chi connectivity index (χ4v) is 3.16. The van der Waals surface area contributed by atoms with E-state index in [-0.39, 0.29) is 0 Å². The molecule has 3 rings (SSSR count). The second-order valence-electron chi connectivity index (χ2n) is 5.34. The summed E-state index contributed by atoms with van der Waals surface area (Å²) in [5, 5.41) is 9.51. The van der Waals surface area contributed by atoms with Gasteiger partial charge in [0.2, 0.25) is 0 Å². The number of benzene rings is 1. The first-order chi connectivity index (χ1) is 9.71. The Kier molecular flexibility index (Phi) is 3.95. The Morgan fingerprint density at radius 2 is 2.15 bits per heavy atom. The maximum absolute atomic E-state index is 8.86. The van der Waals surface area contributed by atoms with Crippen molar-refractivity contribution in [2.45, 2.75) is 25.2 Å². The van der Waals surface area contributed by atoms with Crippen LogP contribution in [0.3, 0.4) is 0 Å². The molecule has 0 aromatic heterocycles. The van der Waals surface area contributed by atoms with Crippen molar-refractivity contribution in [1.82, 2.24) is 4.90 Å². The van der Waals surface area contributed by atoms with Crippen LogP contribution >= 0.6 is 11.6 Å². The summed E-state index contributed by atoms with van der Waals surface area (Å²) < 4.78 is 11.6. The van der Waals surface area contributed by atoms with Crippen molar-refractivity contribution in [2.75, 3.05) is 26.3 Å². The highest BCUT2D eigenvalue weighted by Crippen LogP contribution is 2.31. The lowest BCUT2D eigenvalue weighted by Crippen LogP contribution is -2.48. The Balaban J connectivity index is 1.70. The quantitative estimate of drug-likeness (QED) is 0.840.